The molecule has 25 heavy (non-hydrogen) atoms. The van der Waals surface area contributed by atoms with Crippen LogP contribution < -0.4 is 5.32 Å². The fourth-order valence-corrected chi connectivity index (χ4v) is 3.19. The molecule has 0 atom stereocenters. The van der Waals surface area contributed by atoms with Crippen molar-refractivity contribution in [2.45, 2.75) is 19.1 Å². The first kappa shape index (κ1) is 17.2. The molecule has 1 heterocycles. The van der Waals surface area contributed by atoms with Gasteiger partial charge < -0.3 is 5.32 Å². The Hall–Kier alpha value is -2.67. The summed E-state index contributed by atoms with van der Waals surface area (Å²) < 4.78 is 25.5. The van der Waals surface area contributed by atoms with Gasteiger partial charge in [0.25, 0.3) is 0 Å². The molecule has 2 aromatic carbocycles. The van der Waals surface area contributed by atoms with Gasteiger partial charge in [0.2, 0.25) is 5.91 Å². The third-order valence-corrected chi connectivity index (χ3v) is 6.03. The van der Waals surface area contributed by atoms with E-state index in [9.17, 15) is 13.2 Å². The van der Waals surface area contributed by atoms with Crippen molar-refractivity contribution in [1.82, 2.24) is 9.55 Å². The molecule has 0 saturated carbocycles. The SMILES string of the molecule is CC(C)S(=O)(=O)CC(=O)Nc1ccc(-n2cnc3ccccc32)cc1. The highest BCUT2D eigenvalue weighted by Gasteiger charge is 2.20. The van der Waals surface area contributed by atoms with E-state index in [0.717, 1.165) is 16.7 Å². The van der Waals surface area contributed by atoms with Crippen LogP contribution in [0.2, 0.25) is 0 Å². The highest BCUT2D eigenvalue weighted by Crippen LogP contribution is 2.19. The van der Waals surface area contributed by atoms with Gasteiger partial charge in [-0.3, -0.25) is 9.36 Å². The minimum Gasteiger partial charge on any atom is -0.325 e. The maximum atomic E-state index is 11.9. The Balaban J connectivity index is 1.76. The van der Waals surface area contributed by atoms with Crippen molar-refractivity contribution in [1.29, 1.82) is 0 Å². The Morgan fingerprint density at radius 1 is 1.12 bits per heavy atom. The van der Waals surface area contributed by atoms with Gasteiger partial charge in [-0.2, -0.15) is 0 Å². The molecular formula is C18H19N3O3S. The second-order valence-corrected chi connectivity index (χ2v) is 8.61. The number of amides is 1. The van der Waals surface area contributed by atoms with Crippen molar-refractivity contribution in [3.05, 3.63) is 54.9 Å². The number of nitrogens with one attached hydrogen (secondary N) is 1. The first-order valence-electron chi connectivity index (χ1n) is 7.91. The molecule has 7 heteroatoms. The second-order valence-electron chi connectivity index (χ2n) is 6.05. The molecule has 0 aliphatic rings. The maximum Gasteiger partial charge on any atom is 0.239 e. The number of imidazole rings is 1. The second kappa shape index (κ2) is 6.68. The molecule has 0 fully saturated rings. The van der Waals surface area contributed by atoms with Gasteiger partial charge in [0, 0.05) is 11.4 Å². The molecule has 0 saturated heterocycles. The Bertz CT molecular complexity index is 1010. The molecule has 0 spiro atoms. The molecule has 1 aromatic heterocycles. The number of nitrogens with zero attached hydrogens (tertiary/aromatic N) is 2. The molecular weight excluding hydrogens is 338 g/mol. The monoisotopic (exact) mass is 357 g/mol. The van der Waals surface area contributed by atoms with Crippen molar-refractivity contribution in [3.8, 4) is 5.69 Å². The number of para-hydroxylation sites is 2. The van der Waals surface area contributed by atoms with E-state index >= 15 is 0 Å². The van der Waals surface area contributed by atoms with Crippen molar-refractivity contribution in [2.24, 2.45) is 0 Å². The van der Waals surface area contributed by atoms with E-state index in [1.165, 1.54) is 0 Å². The Kier molecular flexibility index (Phi) is 4.59. The van der Waals surface area contributed by atoms with Crippen molar-refractivity contribution in [3.63, 3.8) is 0 Å². The summed E-state index contributed by atoms with van der Waals surface area (Å²) in [5.41, 5.74) is 3.35. The average molecular weight is 357 g/mol. The molecule has 3 rings (SSSR count). The predicted molar refractivity (Wildman–Crippen MR) is 98.6 cm³/mol. The van der Waals surface area contributed by atoms with E-state index < -0.39 is 26.7 Å². The standard InChI is InChI=1S/C18H19N3O3S/c1-13(2)25(23,24)11-18(22)20-14-7-9-15(10-8-14)21-12-19-16-5-3-4-6-17(16)21/h3-10,12-13H,11H2,1-2H3,(H,20,22). The van der Waals surface area contributed by atoms with Crippen LogP contribution in [0.3, 0.4) is 0 Å². The van der Waals surface area contributed by atoms with Gasteiger partial charge in [0.15, 0.2) is 9.84 Å². The molecule has 0 aliphatic carbocycles. The minimum atomic E-state index is -3.41. The lowest BCUT2D eigenvalue weighted by atomic mass is 10.2. The van der Waals surface area contributed by atoms with Crippen molar-refractivity contribution >= 4 is 32.5 Å². The Morgan fingerprint density at radius 3 is 2.48 bits per heavy atom. The molecule has 0 unspecified atom stereocenters. The molecule has 1 N–H and O–H groups in total. The number of sulfone groups is 1. The van der Waals surface area contributed by atoms with E-state index in [1.54, 1.807) is 32.3 Å². The third-order valence-electron chi connectivity index (χ3n) is 3.93. The highest BCUT2D eigenvalue weighted by molar-refractivity contribution is 7.92. The largest absolute Gasteiger partial charge is 0.325 e. The number of fused-ring (bicyclic) bond motifs is 1. The number of carbonyl (C=O) groups excluding carboxylic acids is 1. The highest BCUT2D eigenvalue weighted by atomic mass is 32.2. The maximum absolute atomic E-state index is 11.9. The average Bonchev–Trinajstić information content (AvgIpc) is 2.99. The summed E-state index contributed by atoms with van der Waals surface area (Å²) in [6, 6.07) is 15.0. The summed E-state index contributed by atoms with van der Waals surface area (Å²) in [5, 5.41) is 2.05. The van der Waals surface area contributed by atoms with E-state index in [-0.39, 0.29) is 0 Å². The number of benzene rings is 2. The fraction of sp³-hybridized carbons (Fsp3) is 0.222. The number of hydrogen-bond donors (Lipinski definition) is 1. The van der Waals surface area contributed by atoms with Crippen molar-refractivity contribution < 1.29 is 13.2 Å². The van der Waals surface area contributed by atoms with E-state index in [4.69, 9.17) is 0 Å². The zero-order valence-electron chi connectivity index (χ0n) is 14.0. The van der Waals surface area contributed by atoms with Gasteiger partial charge in [-0.15, -0.1) is 0 Å². The zero-order valence-corrected chi connectivity index (χ0v) is 14.8. The van der Waals surface area contributed by atoms with Gasteiger partial charge >= 0.3 is 0 Å². The molecule has 130 valence electrons. The van der Waals surface area contributed by atoms with Gasteiger partial charge in [0.1, 0.15) is 12.1 Å². The molecule has 0 radical (unpaired) electrons. The van der Waals surface area contributed by atoms with Crippen LogP contribution >= 0.6 is 0 Å². The normalized spacial score (nSPS) is 11.8. The zero-order chi connectivity index (χ0) is 18.0. The Labute approximate surface area is 146 Å². The number of hydrogen-bond acceptors (Lipinski definition) is 4. The number of carbonyl (C=O) groups is 1. The smallest absolute Gasteiger partial charge is 0.239 e. The molecule has 3 aromatic rings. The quantitative estimate of drug-likeness (QED) is 0.761. The van der Waals surface area contributed by atoms with Crippen LogP contribution in [0, 0.1) is 0 Å². The van der Waals surface area contributed by atoms with Crippen LogP contribution in [-0.2, 0) is 14.6 Å². The van der Waals surface area contributed by atoms with Crippen LogP contribution in [0.15, 0.2) is 54.9 Å². The molecule has 0 aliphatic heterocycles. The van der Waals surface area contributed by atoms with Crippen molar-refractivity contribution in [2.75, 3.05) is 11.1 Å². The number of aromatic nitrogens is 2. The van der Waals surface area contributed by atoms with Gasteiger partial charge in [0.05, 0.1) is 16.3 Å². The van der Waals surface area contributed by atoms with Crippen LogP contribution in [-0.4, -0.2) is 34.9 Å². The van der Waals surface area contributed by atoms with Crippen LogP contribution in [0.1, 0.15) is 13.8 Å². The van der Waals surface area contributed by atoms with E-state index in [2.05, 4.69) is 10.3 Å². The Morgan fingerprint density at radius 2 is 1.80 bits per heavy atom. The van der Waals surface area contributed by atoms with E-state index in [0.29, 0.717) is 5.69 Å². The molecule has 0 bridgehead atoms. The number of rotatable bonds is 5. The summed E-state index contributed by atoms with van der Waals surface area (Å²) in [6.07, 6.45) is 1.74. The van der Waals surface area contributed by atoms with Gasteiger partial charge in [-0.25, -0.2) is 13.4 Å². The summed E-state index contributed by atoms with van der Waals surface area (Å²) in [6.45, 7) is 3.12. The lowest BCUT2D eigenvalue weighted by Gasteiger charge is -2.10. The van der Waals surface area contributed by atoms with Crippen LogP contribution in [0.25, 0.3) is 16.7 Å². The van der Waals surface area contributed by atoms with Gasteiger partial charge in [-0.05, 0) is 50.2 Å². The summed E-state index contributed by atoms with van der Waals surface area (Å²) in [5.74, 6) is -1.05. The number of anilines is 1. The summed E-state index contributed by atoms with van der Waals surface area (Å²) in [4.78, 5) is 16.3. The topological polar surface area (TPSA) is 81.1 Å². The van der Waals surface area contributed by atoms with Gasteiger partial charge in [-0.1, -0.05) is 12.1 Å². The fourth-order valence-electron chi connectivity index (χ4n) is 2.42. The van der Waals surface area contributed by atoms with Crippen LogP contribution in [0.4, 0.5) is 5.69 Å². The molecule has 6 nitrogen and oxygen atoms in total. The summed E-state index contributed by atoms with van der Waals surface area (Å²) in [7, 11) is -3.41. The minimum absolute atomic E-state index is 0.515. The first-order valence-corrected chi connectivity index (χ1v) is 9.62. The third kappa shape index (κ3) is 3.71. The first-order chi connectivity index (χ1) is 11.9. The predicted octanol–water partition coefficient (Wildman–Crippen LogP) is 2.79. The van der Waals surface area contributed by atoms with Crippen LogP contribution in [0.5, 0.6) is 0 Å². The lowest BCUT2D eigenvalue weighted by molar-refractivity contribution is -0.113. The summed E-state index contributed by atoms with van der Waals surface area (Å²) >= 11 is 0. The lowest BCUT2D eigenvalue weighted by Crippen LogP contribution is -2.27. The molecule has 1 amide bonds. The van der Waals surface area contributed by atoms with E-state index in [1.807, 2.05) is 41.0 Å².